The molecule has 0 aliphatic heterocycles. The van der Waals surface area contributed by atoms with E-state index in [1.807, 2.05) is 18.9 Å². The lowest BCUT2D eigenvalue weighted by Crippen LogP contribution is -2.21. The SMILES string of the molecule is CCCc1c(OCCCN(C)c2ccc(C(=O)C=[N+]=N)cn2)ccc2c(C(F)(F)F)noc12. The highest BCUT2D eigenvalue weighted by Gasteiger charge is 2.37. The molecule has 1 aromatic carbocycles. The van der Waals surface area contributed by atoms with E-state index in [9.17, 15) is 18.0 Å². The number of rotatable bonds is 10. The molecule has 3 aromatic rings. The van der Waals surface area contributed by atoms with Crippen molar-refractivity contribution in [3.8, 4) is 5.75 Å². The number of nitrogens with one attached hydrogen (secondary N) is 1. The van der Waals surface area contributed by atoms with Crippen molar-refractivity contribution in [2.24, 2.45) is 0 Å². The zero-order chi connectivity index (χ0) is 24.0. The number of benzene rings is 1. The second-order valence-electron chi connectivity index (χ2n) is 7.35. The maximum absolute atomic E-state index is 13.1. The van der Waals surface area contributed by atoms with Crippen LogP contribution in [-0.2, 0) is 12.6 Å². The Balaban J connectivity index is 1.63. The van der Waals surface area contributed by atoms with Gasteiger partial charge >= 0.3 is 12.4 Å². The van der Waals surface area contributed by atoms with Gasteiger partial charge in [0.2, 0.25) is 0 Å². The predicted octanol–water partition coefficient (Wildman–Crippen LogP) is 4.59. The molecule has 2 aromatic heterocycles. The van der Waals surface area contributed by atoms with E-state index in [4.69, 9.17) is 14.8 Å². The smallest absolute Gasteiger partial charge is 0.437 e. The molecule has 0 unspecified atom stereocenters. The normalized spacial score (nSPS) is 11.3. The maximum Gasteiger partial charge on any atom is 0.437 e. The molecular formula is C22H23F3N5O3+. The summed E-state index contributed by atoms with van der Waals surface area (Å²) in [5, 5.41) is 3.15. The van der Waals surface area contributed by atoms with Gasteiger partial charge < -0.3 is 14.2 Å². The van der Waals surface area contributed by atoms with Crippen molar-refractivity contribution in [3.63, 3.8) is 0 Å². The fourth-order valence-electron chi connectivity index (χ4n) is 3.36. The van der Waals surface area contributed by atoms with Gasteiger partial charge in [0.1, 0.15) is 11.6 Å². The highest BCUT2D eigenvalue weighted by molar-refractivity contribution is 6.33. The summed E-state index contributed by atoms with van der Waals surface area (Å²) in [4.78, 5) is 20.8. The Hall–Kier alpha value is -3.72. The van der Waals surface area contributed by atoms with Crippen LogP contribution in [0.25, 0.3) is 11.0 Å². The number of carbonyl (C=O) groups excluding carboxylic acids is 1. The minimum atomic E-state index is -4.59. The average Bonchev–Trinajstić information content (AvgIpc) is 3.23. The number of aryl methyl sites for hydroxylation is 1. The van der Waals surface area contributed by atoms with E-state index in [0.717, 1.165) is 6.21 Å². The van der Waals surface area contributed by atoms with Crippen LogP contribution in [0.1, 0.15) is 41.4 Å². The first-order valence-corrected chi connectivity index (χ1v) is 10.3. The van der Waals surface area contributed by atoms with Gasteiger partial charge in [-0.05, 0) is 37.1 Å². The van der Waals surface area contributed by atoms with Crippen LogP contribution in [-0.4, -0.2) is 47.1 Å². The van der Waals surface area contributed by atoms with Crippen LogP contribution in [0.15, 0.2) is 35.0 Å². The highest BCUT2D eigenvalue weighted by Crippen LogP contribution is 2.38. The largest absolute Gasteiger partial charge is 0.493 e. The zero-order valence-electron chi connectivity index (χ0n) is 18.1. The number of halogens is 3. The van der Waals surface area contributed by atoms with E-state index < -0.39 is 17.7 Å². The molecule has 0 atom stereocenters. The Labute approximate surface area is 187 Å². The summed E-state index contributed by atoms with van der Waals surface area (Å²) in [5.74, 6) is 0.742. The first kappa shape index (κ1) is 23.9. The van der Waals surface area contributed by atoms with Crippen molar-refractivity contribution in [1.29, 1.82) is 5.53 Å². The number of anilines is 1. The van der Waals surface area contributed by atoms with Crippen molar-refractivity contribution in [1.82, 2.24) is 10.1 Å². The third-order valence-electron chi connectivity index (χ3n) is 4.97. The molecule has 0 amide bonds. The van der Waals surface area contributed by atoms with Gasteiger partial charge in [0.25, 0.3) is 5.78 Å². The molecule has 0 aliphatic rings. The topological polar surface area (TPSA) is 106 Å². The van der Waals surface area contributed by atoms with Crippen molar-refractivity contribution in [3.05, 3.63) is 47.3 Å². The number of hydrogen-bond acceptors (Lipinski definition) is 7. The Morgan fingerprint density at radius 2 is 2.09 bits per heavy atom. The van der Waals surface area contributed by atoms with E-state index in [-0.39, 0.29) is 11.0 Å². The average molecular weight is 462 g/mol. The summed E-state index contributed by atoms with van der Waals surface area (Å²) in [7, 11) is 1.84. The van der Waals surface area contributed by atoms with E-state index in [1.54, 1.807) is 12.1 Å². The molecule has 0 radical (unpaired) electrons. The molecule has 0 bridgehead atoms. The summed E-state index contributed by atoms with van der Waals surface area (Å²) in [5.41, 5.74) is 6.69. The Bertz CT molecular complexity index is 1170. The second kappa shape index (κ2) is 10.3. The standard InChI is InChI=1S/C22H23F3N5O3/c1-3-5-15-18(8-7-16-20(15)33-29-21(16)22(23,24)25)32-11-4-10-30(2)19-9-6-14(12-27-19)17(31)13-28-26/h6-9,12-13,26H,3-5,10-11H2,1-2H3/q+1. The molecule has 0 saturated heterocycles. The number of fused-ring (bicyclic) bond motifs is 1. The van der Waals surface area contributed by atoms with Gasteiger partial charge in [-0.3, -0.25) is 4.79 Å². The molecule has 174 valence electrons. The third kappa shape index (κ3) is 5.56. The Kier molecular flexibility index (Phi) is 7.44. The maximum atomic E-state index is 13.1. The lowest BCUT2D eigenvalue weighted by Gasteiger charge is -2.18. The molecule has 0 aliphatic carbocycles. The number of alkyl halides is 3. The number of hydrogen-bond donors (Lipinski definition) is 1. The van der Waals surface area contributed by atoms with Gasteiger partial charge in [0, 0.05) is 30.9 Å². The number of ether oxygens (including phenoxy) is 1. The van der Waals surface area contributed by atoms with Gasteiger partial charge in [-0.15, -0.1) is 0 Å². The van der Waals surface area contributed by atoms with Crippen LogP contribution < -0.4 is 9.64 Å². The van der Waals surface area contributed by atoms with Crippen LogP contribution in [0.2, 0.25) is 0 Å². The van der Waals surface area contributed by atoms with Crippen molar-refractivity contribution in [2.45, 2.75) is 32.4 Å². The Morgan fingerprint density at radius 1 is 1.30 bits per heavy atom. The van der Waals surface area contributed by atoms with E-state index in [2.05, 4.69) is 14.9 Å². The number of nitrogens with zero attached hydrogens (tertiary/aromatic N) is 4. The van der Waals surface area contributed by atoms with Gasteiger partial charge in [-0.1, -0.05) is 18.5 Å². The monoisotopic (exact) mass is 462 g/mol. The summed E-state index contributed by atoms with van der Waals surface area (Å²) < 4.78 is 50.3. The predicted molar refractivity (Wildman–Crippen MR) is 114 cm³/mol. The van der Waals surface area contributed by atoms with E-state index in [1.165, 1.54) is 18.3 Å². The van der Waals surface area contributed by atoms with E-state index in [0.29, 0.717) is 55.1 Å². The summed E-state index contributed by atoms with van der Waals surface area (Å²) in [6.07, 6.45) is -0.429. The molecule has 0 spiro atoms. The molecule has 1 N–H and O–H groups in total. The number of ketones is 1. The van der Waals surface area contributed by atoms with Crippen molar-refractivity contribution >= 4 is 28.8 Å². The molecule has 8 nitrogen and oxygen atoms in total. The number of pyridine rings is 1. The fourth-order valence-corrected chi connectivity index (χ4v) is 3.36. The minimum absolute atomic E-state index is 0.0694. The first-order valence-electron chi connectivity index (χ1n) is 10.3. The highest BCUT2D eigenvalue weighted by atomic mass is 19.4. The number of Topliss-reactive ketones (excluding diaryl/α,β-unsaturated/α-hetero) is 1. The summed E-state index contributed by atoms with van der Waals surface area (Å²) >= 11 is 0. The molecule has 0 saturated carbocycles. The fraction of sp³-hybridized carbons (Fsp3) is 0.364. The molecule has 33 heavy (non-hydrogen) atoms. The molecule has 0 fully saturated rings. The second-order valence-corrected chi connectivity index (χ2v) is 7.35. The lowest BCUT2D eigenvalue weighted by atomic mass is 10.0. The van der Waals surface area contributed by atoms with Gasteiger partial charge in [0.15, 0.2) is 11.3 Å². The van der Waals surface area contributed by atoms with Crippen LogP contribution in [0.5, 0.6) is 5.75 Å². The van der Waals surface area contributed by atoms with Crippen molar-refractivity contribution in [2.75, 3.05) is 25.1 Å². The minimum Gasteiger partial charge on any atom is -0.493 e. The zero-order valence-corrected chi connectivity index (χ0v) is 18.1. The summed E-state index contributed by atoms with van der Waals surface area (Å²) in [6, 6.07) is 6.16. The van der Waals surface area contributed by atoms with Crippen LogP contribution in [0.3, 0.4) is 0 Å². The quantitative estimate of drug-likeness (QED) is 0.155. The molecule has 2 heterocycles. The van der Waals surface area contributed by atoms with Crippen LogP contribution >= 0.6 is 0 Å². The van der Waals surface area contributed by atoms with Gasteiger partial charge in [-0.2, -0.15) is 13.2 Å². The number of aromatic nitrogens is 2. The molecule has 3 rings (SSSR count). The summed E-state index contributed by atoms with van der Waals surface area (Å²) in [6.45, 7) is 2.86. The van der Waals surface area contributed by atoms with E-state index >= 15 is 0 Å². The van der Waals surface area contributed by atoms with Gasteiger partial charge in [-0.25, -0.2) is 4.98 Å². The van der Waals surface area contributed by atoms with Crippen LogP contribution in [0, 0.1) is 5.53 Å². The molecular weight excluding hydrogens is 439 g/mol. The van der Waals surface area contributed by atoms with Crippen LogP contribution in [0.4, 0.5) is 19.0 Å². The lowest BCUT2D eigenvalue weighted by molar-refractivity contribution is -0.141. The van der Waals surface area contributed by atoms with Gasteiger partial charge in [0.05, 0.1) is 22.3 Å². The Morgan fingerprint density at radius 3 is 2.73 bits per heavy atom. The molecule has 11 heteroatoms. The third-order valence-corrected chi connectivity index (χ3v) is 4.97. The first-order chi connectivity index (χ1) is 15.8. The number of carbonyl (C=O) groups is 1. The van der Waals surface area contributed by atoms with Crippen molar-refractivity contribution < 1.29 is 32.0 Å².